The van der Waals surface area contributed by atoms with E-state index in [1.807, 2.05) is 0 Å². The van der Waals surface area contributed by atoms with Crippen LogP contribution >= 0.6 is 22.6 Å². The Hall–Kier alpha value is 0.400. The van der Waals surface area contributed by atoms with Gasteiger partial charge in [0, 0.05) is 12.3 Å². The van der Waals surface area contributed by atoms with E-state index in [0.29, 0.717) is 17.1 Å². The SMILES string of the molecule is CC(C)(C)C1CCC(=O)C(CCCI)C1. The van der Waals surface area contributed by atoms with E-state index in [0.717, 1.165) is 31.6 Å². The molecule has 1 fully saturated rings. The highest BCUT2D eigenvalue weighted by atomic mass is 127. The highest BCUT2D eigenvalue weighted by Crippen LogP contribution is 2.40. The van der Waals surface area contributed by atoms with Gasteiger partial charge in [0.05, 0.1) is 0 Å². The maximum atomic E-state index is 11.8. The largest absolute Gasteiger partial charge is 0.299 e. The maximum Gasteiger partial charge on any atom is 0.135 e. The summed E-state index contributed by atoms with van der Waals surface area (Å²) in [5.41, 5.74) is 0.378. The van der Waals surface area contributed by atoms with Gasteiger partial charge in [0.15, 0.2) is 0 Å². The summed E-state index contributed by atoms with van der Waals surface area (Å²) in [5, 5.41) is 0. The average molecular weight is 322 g/mol. The van der Waals surface area contributed by atoms with Gasteiger partial charge in [-0.1, -0.05) is 43.4 Å². The first kappa shape index (κ1) is 13.5. The number of hydrogen-bond donors (Lipinski definition) is 0. The smallest absolute Gasteiger partial charge is 0.135 e. The maximum absolute atomic E-state index is 11.8. The Balaban J connectivity index is 2.52. The topological polar surface area (TPSA) is 17.1 Å². The molecule has 0 bridgehead atoms. The standard InChI is InChI=1S/C13H23IO/c1-13(2,3)11-6-7-12(15)10(9-11)5-4-8-14/h10-11H,4-9H2,1-3H3. The first-order valence-electron chi connectivity index (χ1n) is 6.04. The second-order valence-electron chi connectivity index (χ2n) is 5.83. The quantitative estimate of drug-likeness (QED) is 0.561. The fourth-order valence-electron chi connectivity index (χ4n) is 2.50. The molecule has 0 aliphatic heterocycles. The molecule has 0 heterocycles. The van der Waals surface area contributed by atoms with E-state index in [4.69, 9.17) is 0 Å². The Kier molecular flexibility index (Phi) is 5.07. The molecule has 0 N–H and O–H groups in total. The lowest BCUT2D eigenvalue weighted by molar-refractivity contribution is -0.126. The zero-order chi connectivity index (χ0) is 11.5. The number of ketones is 1. The number of carbonyl (C=O) groups is 1. The predicted octanol–water partition coefficient (Wildman–Crippen LogP) is 4.23. The Morgan fingerprint density at radius 1 is 1.40 bits per heavy atom. The molecule has 0 aromatic carbocycles. The van der Waals surface area contributed by atoms with Gasteiger partial charge >= 0.3 is 0 Å². The summed E-state index contributed by atoms with van der Waals surface area (Å²) in [4.78, 5) is 11.8. The monoisotopic (exact) mass is 322 g/mol. The normalized spacial score (nSPS) is 28.1. The van der Waals surface area contributed by atoms with Crippen LogP contribution in [-0.2, 0) is 4.79 Å². The minimum atomic E-state index is 0.373. The number of rotatable bonds is 3. The summed E-state index contributed by atoms with van der Waals surface area (Å²) in [6.45, 7) is 6.93. The van der Waals surface area contributed by atoms with Crippen LogP contribution in [0.25, 0.3) is 0 Å². The highest BCUT2D eigenvalue weighted by molar-refractivity contribution is 14.1. The lowest BCUT2D eigenvalue weighted by Gasteiger charge is -2.37. The zero-order valence-electron chi connectivity index (χ0n) is 10.2. The van der Waals surface area contributed by atoms with Crippen molar-refractivity contribution in [2.24, 2.45) is 17.3 Å². The van der Waals surface area contributed by atoms with Crippen LogP contribution < -0.4 is 0 Å². The number of halogens is 1. The van der Waals surface area contributed by atoms with Gasteiger partial charge in [0.1, 0.15) is 5.78 Å². The molecule has 1 aliphatic carbocycles. The van der Waals surface area contributed by atoms with Crippen molar-refractivity contribution in [1.82, 2.24) is 0 Å². The van der Waals surface area contributed by atoms with Crippen molar-refractivity contribution in [1.29, 1.82) is 0 Å². The van der Waals surface area contributed by atoms with E-state index >= 15 is 0 Å². The van der Waals surface area contributed by atoms with Gasteiger partial charge in [-0.3, -0.25) is 4.79 Å². The molecule has 2 heteroatoms. The lowest BCUT2D eigenvalue weighted by atomic mass is 9.68. The fraction of sp³-hybridized carbons (Fsp3) is 0.923. The molecule has 1 saturated carbocycles. The van der Waals surface area contributed by atoms with E-state index in [9.17, 15) is 4.79 Å². The molecule has 0 spiro atoms. The number of Topliss-reactive ketones (excluding diaryl/α,β-unsaturated/α-hetero) is 1. The first-order chi connectivity index (χ1) is 6.95. The molecule has 0 radical (unpaired) electrons. The lowest BCUT2D eigenvalue weighted by Crippen LogP contribution is -2.32. The van der Waals surface area contributed by atoms with Crippen LogP contribution in [0.15, 0.2) is 0 Å². The molecule has 15 heavy (non-hydrogen) atoms. The number of alkyl halides is 1. The molecule has 1 rings (SSSR count). The van der Waals surface area contributed by atoms with Gasteiger partial charge in [0.25, 0.3) is 0 Å². The first-order valence-corrected chi connectivity index (χ1v) is 7.56. The van der Waals surface area contributed by atoms with Crippen molar-refractivity contribution in [2.45, 2.75) is 52.9 Å². The minimum Gasteiger partial charge on any atom is -0.299 e. The Morgan fingerprint density at radius 3 is 2.60 bits per heavy atom. The van der Waals surface area contributed by atoms with Crippen molar-refractivity contribution >= 4 is 28.4 Å². The summed E-state index contributed by atoms with van der Waals surface area (Å²) in [6, 6.07) is 0. The third-order valence-electron chi connectivity index (χ3n) is 3.67. The van der Waals surface area contributed by atoms with E-state index < -0.39 is 0 Å². The molecule has 1 aliphatic rings. The molecule has 1 nitrogen and oxygen atoms in total. The Bertz CT molecular complexity index is 217. The van der Waals surface area contributed by atoms with Gasteiger partial charge in [-0.25, -0.2) is 0 Å². The van der Waals surface area contributed by atoms with E-state index in [-0.39, 0.29) is 0 Å². The van der Waals surface area contributed by atoms with Crippen molar-refractivity contribution in [3.63, 3.8) is 0 Å². The molecule has 0 aromatic heterocycles. The molecule has 2 atom stereocenters. The van der Waals surface area contributed by atoms with Crippen LogP contribution in [0, 0.1) is 17.3 Å². The molecule has 0 saturated heterocycles. The van der Waals surface area contributed by atoms with Gasteiger partial charge in [0.2, 0.25) is 0 Å². The summed E-state index contributed by atoms with van der Waals surface area (Å²) < 4.78 is 1.18. The van der Waals surface area contributed by atoms with Crippen LogP contribution in [0.2, 0.25) is 0 Å². The van der Waals surface area contributed by atoms with Gasteiger partial charge in [-0.15, -0.1) is 0 Å². The molecular formula is C13H23IO. The molecule has 88 valence electrons. The molecule has 0 aromatic rings. The van der Waals surface area contributed by atoms with E-state index in [1.165, 1.54) is 10.8 Å². The second-order valence-corrected chi connectivity index (χ2v) is 6.91. The van der Waals surface area contributed by atoms with Crippen LogP contribution in [0.5, 0.6) is 0 Å². The van der Waals surface area contributed by atoms with Crippen molar-refractivity contribution < 1.29 is 4.79 Å². The molecular weight excluding hydrogens is 299 g/mol. The van der Waals surface area contributed by atoms with Crippen molar-refractivity contribution in [3.05, 3.63) is 0 Å². The highest BCUT2D eigenvalue weighted by Gasteiger charge is 2.34. The average Bonchev–Trinajstić information content (AvgIpc) is 2.15. The molecule has 2 unspecified atom stereocenters. The van der Waals surface area contributed by atoms with Crippen LogP contribution in [0.3, 0.4) is 0 Å². The van der Waals surface area contributed by atoms with Crippen LogP contribution in [-0.4, -0.2) is 10.2 Å². The van der Waals surface area contributed by atoms with Crippen molar-refractivity contribution in [3.8, 4) is 0 Å². The van der Waals surface area contributed by atoms with Crippen molar-refractivity contribution in [2.75, 3.05) is 4.43 Å². The van der Waals surface area contributed by atoms with E-state index in [2.05, 4.69) is 43.4 Å². The summed E-state index contributed by atoms with van der Waals surface area (Å²) in [6.07, 6.45) is 5.40. The summed E-state index contributed by atoms with van der Waals surface area (Å²) in [7, 11) is 0. The third-order valence-corrected chi connectivity index (χ3v) is 4.44. The van der Waals surface area contributed by atoms with E-state index in [1.54, 1.807) is 0 Å². The van der Waals surface area contributed by atoms with Crippen LogP contribution in [0.4, 0.5) is 0 Å². The molecule has 0 amide bonds. The summed E-state index contributed by atoms with van der Waals surface area (Å²) >= 11 is 2.40. The Labute approximate surface area is 108 Å². The minimum absolute atomic E-state index is 0.373. The number of hydrogen-bond acceptors (Lipinski definition) is 1. The van der Waals surface area contributed by atoms with Gasteiger partial charge < -0.3 is 0 Å². The second kappa shape index (κ2) is 5.65. The Morgan fingerprint density at radius 2 is 2.07 bits per heavy atom. The zero-order valence-corrected chi connectivity index (χ0v) is 12.3. The summed E-state index contributed by atoms with van der Waals surface area (Å²) in [5.74, 6) is 1.65. The third kappa shape index (κ3) is 4.04. The van der Waals surface area contributed by atoms with Gasteiger partial charge in [-0.2, -0.15) is 0 Å². The van der Waals surface area contributed by atoms with Crippen LogP contribution in [0.1, 0.15) is 52.9 Å². The fourth-order valence-corrected chi connectivity index (χ4v) is 2.94. The predicted molar refractivity (Wildman–Crippen MR) is 73.4 cm³/mol. The number of carbonyl (C=O) groups excluding carboxylic acids is 1. The van der Waals surface area contributed by atoms with Gasteiger partial charge in [-0.05, 0) is 41.4 Å².